The zero-order valence-electron chi connectivity index (χ0n) is 20.3. The van der Waals surface area contributed by atoms with Crippen molar-refractivity contribution < 1.29 is 9.21 Å². The highest BCUT2D eigenvalue weighted by molar-refractivity contribution is 5.92. The lowest BCUT2D eigenvalue weighted by Crippen LogP contribution is -2.57. The minimum Gasteiger partial charge on any atom is -0.408 e. The minimum absolute atomic E-state index is 0.176. The van der Waals surface area contributed by atoms with Gasteiger partial charge in [0.2, 0.25) is 5.91 Å². The average molecular weight is 454 g/mol. The lowest BCUT2D eigenvalue weighted by atomic mass is 9.85. The number of likely N-dealkylation sites (tertiary alicyclic amines) is 1. The maximum Gasteiger partial charge on any atom is 0.441 e. The third-order valence-electron chi connectivity index (χ3n) is 6.06. The van der Waals surface area contributed by atoms with E-state index in [0.29, 0.717) is 36.0 Å². The lowest BCUT2D eigenvalue weighted by molar-refractivity contribution is -0.124. The Kier molecular flexibility index (Phi) is 7.43. The first kappa shape index (κ1) is 24.7. The van der Waals surface area contributed by atoms with E-state index in [0.717, 1.165) is 31.6 Å². The van der Waals surface area contributed by atoms with Crippen molar-refractivity contribution in [1.82, 2.24) is 15.2 Å². The summed E-state index contributed by atoms with van der Waals surface area (Å²) in [6, 6.07) is 7.17. The molecule has 1 saturated heterocycles. The van der Waals surface area contributed by atoms with E-state index in [9.17, 15) is 14.9 Å². The Labute approximate surface area is 195 Å². The van der Waals surface area contributed by atoms with Crippen LogP contribution in [0.4, 0.5) is 5.82 Å². The Morgan fingerprint density at radius 1 is 1.33 bits per heavy atom. The Morgan fingerprint density at radius 2 is 2.03 bits per heavy atom. The van der Waals surface area contributed by atoms with Gasteiger partial charge >= 0.3 is 5.76 Å². The molecule has 178 valence electrons. The summed E-state index contributed by atoms with van der Waals surface area (Å²) in [5, 5.41) is 16.8. The summed E-state index contributed by atoms with van der Waals surface area (Å²) in [5.41, 5.74) is 0.334. The van der Waals surface area contributed by atoms with Crippen molar-refractivity contribution in [3.8, 4) is 6.07 Å². The van der Waals surface area contributed by atoms with Crippen LogP contribution in [0.25, 0.3) is 11.0 Å². The predicted octanol–water partition coefficient (Wildman–Crippen LogP) is 3.60. The topological polar surface area (TPSA) is 111 Å². The highest BCUT2D eigenvalue weighted by Gasteiger charge is 2.38. The SMILES string of the molecule is CCCN1CCC(C#N)(NC(=O)C(CC(C)(C)C)Nc2nc(=O)oc3ccc(C)cc23)CC1. The van der Waals surface area contributed by atoms with Gasteiger partial charge in [0.25, 0.3) is 0 Å². The van der Waals surface area contributed by atoms with Gasteiger partial charge in [-0.2, -0.15) is 10.2 Å². The molecule has 1 amide bonds. The number of nitrogens with one attached hydrogen (secondary N) is 2. The highest BCUT2D eigenvalue weighted by atomic mass is 16.4. The van der Waals surface area contributed by atoms with Crippen LogP contribution in [0.15, 0.2) is 27.4 Å². The van der Waals surface area contributed by atoms with Crippen LogP contribution in [0, 0.1) is 23.7 Å². The first-order valence-corrected chi connectivity index (χ1v) is 11.7. The maximum atomic E-state index is 13.5. The van der Waals surface area contributed by atoms with Crippen molar-refractivity contribution in [3.63, 3.8) is 0 Å². The van der Waals surface area contributed by atoms with Gasteiger partial charge in [-0.25, -0.2) is 4.79 Å². The van der Waals surface area contributed by atoms with Crippen LogP contribution in [0.3, 0.4) is 0 Å². The summed E-state index contributed by atoms with van der Waals surface area (Å²) in [7, 11) is 0. The van der Waals surface area contributed by atoms with Crippen LogP contribution >= 0.6 is 0 Å². The number of piperidine rings is 1. The van der Waals surface area contributed by atoms with Gasteiger partial charge in [0.15, 0.2) is 0 Å². The molecule has 1 unspecified atom stereocenters. The van der Waals surface area contributed by atoms with Gasteiger partial charge in [-0.15, -0.1) is 0 Å². The fourth-order valence-corrected chi connectivity index (χ4v) is 4.35. The fourth-order valence-electron chi connectivity index (χ4n) is 4.35. The highest BCUT2D eigenvalue weighted by Crippen LogP contribution is 2.28. The Balaban J connectivity index is 1.87. The molecule has 1 fully saturated rings. The molecular weight excluding hydrogens is 418 g/mol. The third kappa shape index (κ3) is 6.32. The largest absolute Gasteiger partial charge is 0.441 e. The van der Waals surface area contributed by atoms with E-state index in [1.165, 1.54) is 0 Å². The molecule has 1 atom stereocenters. The van der Waals surface area contributed by atoms with Gasteiger partial charge in [-0.1, -0.05) is 39.3 Å². The molecule has 0 aliphatic carbocycles. The average Bonchev–Trinajstić information content (AvgIpc) is 2.74. The van der Waals surface area contributed by atoms with Gasteiger partial charge in [0.05, 0.1) is 11.5 Å². The van der Waals surface area contributed by atoms with E-state index in [4.69, 9.17) is 4.42 Å². The maximum absolute atomic E-state index is 13.5. The van der Waals surface area contributed by atoms with E-state index < -0.39 is 17.3 Å². The number of hydrogen-bond donors (Lipinski definition) is 2. The molecule has 2 aromatic rings. The summed E-state index contributed by atoms with van der Waals surface area (Å²) in [6.07, 6.45) is 2.74. The Morgan fingerprint density at radius 3 is 2.64 bits per heavy atom. The fraction of sp³-hybridized carbons (Fsp3) is 0.600. The summed E-state index contributed by atoms with van der Waals surface area (Å²) < 4.78 is 5.23. The third-order valence-corrected chi connectivity index (χ3v) is 6.06. The molecule has 1 aliphatic heterocycles. The number of amides is 1. The molecular formula is C25H35N5O3. The molecule has 1 aromatic carbocycles. The number of aromatic nitrogens is 1. The first-order chi connectivity index (χ1) is 15.5. The van der Waals surface area contributed by atoms with Gasteiger partial charge < -0.3 is 20.0 Å². The van der Waals surface area contributed by atoms with Crippen molar-refractivity contribution in [2.75, 3.05) is 25.0 Å². The molecule has 1 aliphatic rings. The van der Waals surface area contributed by atoms with Crippen molar-refractivity contribution >= 4 is 22.7 Å². The number of rotatable bonds is 7. The summed E-state index contributed by atoms with van der Waals surface area (Å²) in [5.74, 6) is -0.662. The number of hydrogen-bond acceptors (Lipinski definition) is 7. The van der Waals surface area contributed by atoms with E-state index in [2.05, 4.69) is 33.5 Å². The summed E-state index contributed by atoms with van der Waals surface area (Å²) >= 11 is 0. The smallest absolute Gasteiger partial charge is 0.408 e. The number of anilines is 1. The van der Waals surface area contributed by atoms with Crippen LogP contribution in [-0.4, -0.2) is 47.0 Å². The van der Waals surface area contributed by atoms with Crippen molar-refractivity contribution in [2.24, 2.45) is 5.41 Å². The molecule has 3 rings (SSSR count). The van der Waals surface area contributed by atoms with E-state index in [1.807, 2.05) is 39.8 Å². The normalized spacial score (nSPS) is 17.3. The second kappa shape index (κ2) is 9.92. The predicted molar refractivity (Wildman–Crippen MR) is 129 cm³/mol. The first-order valence-electron chi connectivity index (χ1n) is 11.7. The van der Waals surface area contributed by atoms with Gasteiger partial charge in [0.1, 0.15) is 23.0 Å². The Bertz CT molecular complexity index is 1090. The molecule has 8 nitrogen and oxygen atoms in total. The Hall–Kier alpha value is -2.92. The van der Waals surface area contributed by atoms with E-state index >= 15 is 0 Å². The number of carbonyl (C=O) groups is 1. The van der Waals surface area contributed by atoms with Crippen LogP contribution < -0.4 is 16.4 Å². The van der Waals surface area contributed by atoms with E-state index in [-0.39, 0.29) is 11.3 Å². The van der Waals surface area contributed by atoms with Gasteiger partial charge in [-0.3, -0.25) is 4.79 Å². The van der Waals surface area contributed by atoms with Crippen molar-refractivity contribution in [2.45, 2.75) is 71.9 Å². The lowest BCUT2D eigenvalue weighted by Gasteiger charge is -2.39. The molecule has 8 heteroatoms. The molecule has 0 bridgehead atoms. The second-order valence-corrected chi connectivity index (χ2v) is 10.3. The quantitative estimate of drug-likeness (QED) is 0.659. The second-order valence-electron chi connectivity index (χ2n) is 10.3. The monoisotopic (exact) mass is 453 g/mol. The summed E-state index contributed by atoms with van der Waals surface area (Å²) in [6.45, 7) is 12.8. The number of nitriles is 1. The molecule has 0 saturated carbocycles. The van der Waals surface area contributed by atoms with Crippen LogP contribution in [0.1, 0.15) is 58.9 Å². The minimum atomic E-state index is -0.888. The zero-order chi connectivity index (χ0) is 24.2. The number of nitrogens with zero attached hydrogens (tertiary/aromatic N) is 3. The van der Waals surface area contributed by atoms with Crippen molar-refractivity contribution in [1.29, 1.82) is 5.26 Å². The molecule has 2 heterocycles. The van der Waals surface area contributed by atoms with Gasteiger partial charge in [0, 0.05) is 13.1 Å². The summed E-state index contributed by atoms with van der Waals surface area (Å²) in [4.78, 5) is 31.9. The standard InChI is InChI=1S/C25H35N5O3/c1-6-11-30-12-9-25(16-26,10-13-30)29-22(31)19(15-24(3,4)5)27-21-18-14-17(2)7-8-20(18)33-23(32)28-21/h7-8,14,19H,6,9-13,15H2,1-5H3,(H,29,31)(H,27,28,32). The van der Waals surface area contributed by atoms with Crippen LogP contribution in [-0.2, 0) is 4.79 Å². The van der Waals surface area contributed by atoms with Crippen LogP contribution in [0.2, 0.25) is 0 Å². The van der Waals surface area contributed by atoms with Crippen molar-refractivity contribution in [3.05, 3.63) is 34.3 Å². The number of carbonyl (C=O) groups excluding carboxylic acids is 1. The number of benzene rings is 1. The van der Waals surface area contributed by atoms with Gasteiger partial charge in [-0.05, 0) is 56.7 Å². The molecule has 1 aromatic heterocycles. The molecule has 0 spiro atoms. The molecule has 2 N–H and O–H groups in total. The molecule has 0 radical (unpaired) electrons. The number of fused-ring (bicyclic) bond motifs is 1. The zero-order valence-corrected chi connectivity index (χ0v) is 20.3. The van der Waals surface area contributed by atoms with E-state index in [1.54, 1.807) is 6.07 Å². The number of aryl methyl sites for hydroxylation is 1. The molecule has 33 heavy (non-hydrogen) atoms. The van der Waals surface area contributed by atoms with Crippen LogP contribution in [0.5, 0.6) is 0 Å².